The minimum absolute atomic E-state index is 0.574. The van der Waals surface area contributed by atoms with Crippen LogP contribution in [-0.4, -0.2) is 5.16 Å². The van der Waals surface area contributed by atoms with Crippen LogP contribution in [0.15, 0.2) is 16.9 Å². The minimum Gasteiger partial charge on any atom is -0.362 e. The van der Waals surface area contributed by atoms with E-state index in [0.717, 1.165) is 6.07 Å². The van der Waals surface area contributed by atoms with Crippen LogP contribution in [0.5, 0.6) is 0 Å². The van der Waals surface area contributed by atoms with Crippen molar-refractivity contribution in [1.29, 1.82) is 0 Å². The Hall–Kier alpha value is -0.860. The summed E-state index contributed by atoms with van der Waals surface area (Å²) in [5, 5.41) is 2.88. The standard InChI is InChI=1S/C3H2FNO/c4-3-1-2-6-5-3/h1-2H. The predicted molar refractivity (Wildman–Crippen MR) is 16.5 cm³/mol. The first-order valence-corrected chi connectivity index (χ1v) is 1.45. The molecule has 0 aliphatic heterocycles. The molecule has 0 unspecified atom stereocenters. The molecule has 0 N–H and O–H groups in total. The molecule has 1 heterocycles. The second-order valence-corrected chi connectivity index (χ2v) is 0.822. The third-order valence-corrected chi connectivity index (χ3v) is 0.406. The molecule has 6 heavy (non-hydrogen) atoms. The largest absolute Gasteiger partial charge is 0.362 e. The summed E-state index contributed by atoms with van der Waals surface area (Å²) in [4.78, 5) is 0. The lowest BCUT2D eigenvalue weighted by atomic mass is 10.7. The Morgan fingerprint density at radius 1 is 1.83 bits per heavy atom. The van der Waals surface area contributed by atoms with Crippen molar-refractivity contribution in [2.45, 2.75) is 0 Å². The van der Waals surface area contributed by atoms with Gasteiger partial charge >= 0.3 is 0 Å². The predicted octanol–water partition coefficient (Wildman–Crippen LogP) is 0.814. The lowest BCUT2D eigenvalue weighted by Gasteiger charge is -1.57. The number of halogens is 1. The first kappa shape index (κ1) is 3.33. The Morgan fingerprint density at radius 2 is 2.67 bits per heavy atom. The number of hydrogen-bond acceptors (Lipinski definition) is 2. The molecule has 1 aromatic heterocycles. The molecule has 0 fully saturated rings. The molecular formula is C3H2FNO. The summed E-state index contributed by atoms with van der Waals surface area (Å²) in [5.74, 6) is -0.574. The molecule has 2 nitrogen and oxygen atoms in total. The fourth-order valence-electron chi connectivity index (χ4n) is 0.198. The normalized spacial score (nSPS) is 8.83. The SMILES string of the molecule is Fc1ccon1. The van der Waals surface area contributed by atoms with Crippen molar-refractivity contribution < 1.29 is 8.91 Å². The van der Waals surface area contributed by atoms with E-state index in [1.54, 1.807) is 0 Å². The van der Waals surface area contributed by atoms with Crippen LogP contribution < -0.4 is 0 Å². The van der Waals surface area contributed by atoms with Gasteiger partial charge in [0.15, 0.2) is 0 Å². The van der Waals surface area contributed by atoms with Crippen LogP contribution in [0.2, 0.25) is 0 Å². The van der Waals surface area contributed by atoms with Gasteiger partial charge in [0.05, 0.1) is 0 Å². The average molecular weight is 87.1 g/mol. The maximum atomic E-state index is 11.5. The van der Waals surface area contributed by atoms with E-state index in [0.29, 0.717) is 0 Å². The van der Waals surface area contributed by atoms with E-state index in [4.69, 9.17) is 0 Å². The highest BCUT2D eigenvalue weighted by Crippen LogP contribution is 1.86. The zero-order valence-electron chi connectivity index (χ0n) is 2.89. The summed E-state index contributed by atoms with van der Waals surface area (Å²) in [7, 11) is 0. The number of aromatic nitrogens is 1. The summed E-state index contributed by atoms with van der Waals surface area (Å²) in [6.45, 7) is 0. The third-order valence-electron chi connectivity index (χ3n) is 0.406. The van der Waals surface area contributed by atoms with Crippen molar-refractivity contribution in [1.82, 2.24) is 5.16 Å². The highest BCUT2D eigenvalue weighted by Gasteiger charge is 1.83. The second-order valence-electron chi connectivity index (χ2n) is 0.822. The molecule has 0 amide bonds. The first-order valence-electron chi connectivity index (χ1n) is 1.45. The molecule has 3 heteroatoms. The summed E-state index contributed by atoms with van der Waals surface area (Å²) in [6.07, 6.45) is 1.18. The highest BCUT2D eigenvalue weighted by molar-refractivity contribution is 4.73. The van der Waals surface area contributed by atoms with Crippen LogP contribution in [0.1, 0.15) is 0 Å². The Morgan fingerprint density at radius 3 is 2.83 bits per heavy atom. The minimum atomic E-state index is -0.574. The zero-order chi connectivity index (χ0) is 4.41. The molecule has 1 rings (SSSR count). The quantitative estimate of drug-likeness (QED) is 0.468. The van der Waals surface area contributed by atoms with Crippen LogP contribution in [0.25, 0.3) is 0 Å². The second kappa shape index (κ2) is 1.08. The molecule has 0 aliphatic carbocycles. The van der Waals surface area contributed by atoms with Crippen molar-refractivity contribution in [2.24, 2.45) is 0 Å². The van der Waals surface area contributed by atoms with Crippen LogP contribution >= 0.6 is 0 Å². The van der Waals surface area contributed by atoms with Gasteiger partial charge in [0.2, 0.25) is 0 Å². The maximum absolute atomic E-state index is 11.5. The van der Waals surface area contributed by atoms with Crippen molar-refractivity contribution in [3.63, 3.8) is 0 Å². The average Bonchev–Trinajstić information content (AvgIpc) is 1.86. The fraction of sp³-hybridized carbons (Fsp3) is 0. The lowest BCUT2D eigenvalue weighted by Crippen LogP contribution is -1.61. The van der Waals surface area contributed by atoms with Gasteiger partial charge in [-0.2, -0.15) is 4.39 Å². The molecule has 0 saturated carbocycles. The monoisotopic (exact) mass is 87.0 g/mol. The Kier molecular flexibility index (Phi) is 0.602. The zero-order valence-corrected chi connectivity index (χ0v) is 2.89. The lowest BCUT2D eigenvalue weighted by molar-refractivity contribution is 0.375. The molecular weight excluding hydrogens is 85.0 g/mol. The number of rotatable bonds is 0. The van der Waals surface area contributed by atoms with E-state index >= 15 is 0 Å². The van der Waals surface area contributed by atoms with Gasteiger partial charge in [0, 0.05) is 6.07 Å². The van der Waals surface area contributed by atoms with Crippen molar-refractivity contribution in [3.05, 3.63) is 18.3 Å². The Bertz CT molecular complexity index is 114. The maximum Gasteiger partial charge on any atom is 0.253 e. The van der Waals surface area contributed by atoms with E-state index in [1.807, 2.05) is 0 Å². The van der Waals surface area contributed by atoms with E-state index in [2.05, 4.69) is 9.68 Å². The molecule has 0 radical (unpaired) electrons. The summed E-state index contributed by atoms with van der Waals surface area (Å²) < 4.78 is 15.6. The van der Waals surface area contributed by atoms with Crippen LogP contribution in [0.3, 0.4) is 0 Å². The van der Waals surface area contributed by atoms with Gasteiger partial charge in [-0.1, -0.05) is 0 Å². The van der Waals surface area contributed by atoms with Gasteiger partial charge in [0.25, 0.3) is 5.95 Å². The summed E-state index contributed by atoms with van der Waals surface area (Å²) in [6, 6.07) is 1.14. The van der Waals surface area contributed by atoms with Gasteiger partial charge < -0.3 is 4.52 Å². The molecule has 1 aromatic rings. The van der Waals surface area contributed by atoms with Crippen LogP contribution in [-0.2, 0) is 0 Å². The summed E-state index contributed by atoms with van der Waals surface area (Å²) >= 11 is 0. The van der Waals surface area contributed by atoms with Crippen molar-refractivity contribution >= 4 is 0 Å². The molecule has 32 valence electrons. The van der Waals surface area contributed by atoms with Crippen molar-refractivity contribution in [2.75, 3.05) is 0 Å². The van der Waals surface area contributed by atoms with Crippen LogP contribution in [0.4, 0.5) is 4.39 Å². The Labute approximate surface area is 33.6 Å². The van der Waals surface area contributed by atoms with E-state index < -0.39 is 5.95 Å². The molecule has 0 aromatic carbocycles. The first-order chi connectivity index (χ1) is 2.89. The van der Waals surface area contributed by atoms with E-state index in [9.17, 15) is 4.39 Å². The van der Waals surface area contributed by atoms with Gasteiger partial charge in [-0.05, 0) is 5.16 Å². The van der Waals surface area contributed by atoms with Gasteiger partial charge in [-0.3, -0.25) is 0 Å². The highest BCUT2D eigenvalue weighted by atomic mass is 19.1. The Balaban J connectivity index is 3.05. The number of nitrogens with zero attached hydrogens (tertiary/aromatic N) is 1. The molecule has 0 aliphatic rings. The number of hydrogen-bond donors (Lipinski definition) is 0. The van der Waals surface area contributed by atoms with E-state index in [1.165, 1.54) is 6.26 Å². The summed E-state index contributed by atoms with van der Waals surface area (Å²) in [5.41, 5.74) is 0. The van der Waals surface area contributed by atoms with E-state index in [-0.39, 0.29) is 0 Å². The van der Waals surface area contributed by atoms with Gasteiger partial charge in [-0.25, -0.2) is 0 Å². The van der Waals surface area contributed by atoms with Gasteiger partial charge in [-0.15, -0.1) is 0 Å². The molecule has 0 spiro atoms. The molecule has 0 bridgehead atoms. The molecule has 0 saturated heterocycles. The third kappa shape index (κ3) is 0.381. The smallest absolute Gasteiger partial charge is 0.253 e. The van der Waals surface area contributed by atoms with Crippen LogP contribution in [0, 0.1) is 5.95 Å². The topological polar surface area (TPSA) is 26.0 Å². The van der Waals surface area contributed by atoms with Gasteiger partial charge in [0.1, 0.15) is 6.26 Å². The fourth-order valence-corrected chi connectivity index (χ4v) is 0.198. The van der Waals surface area contributed by atoms with Crippen molar-refractivity contribution in [3.8, 4) is 0 Å². The molecule has 0 atom stereocenters.